The highest BCUT2D eigenvalue weighted by molar-refractivity contribution is 7.89. The second-order valence-electron chi connectivity index (χ2n) is 6.90. The number of carbonyl (C=O) groups excluding carboxylic acids is 1. The predicted octanol–water partition coefficient (Wildman–Crippen LogP) is 2.84. The first-order valence-electron chi connectivity index (χ1n) is 9.01. The number of hydrogen-bond acceptors (Lipinski definition) is 3. The van der Waals surface area contributed by atoms with Gasteiger partial charge in [0.05, 0.1) is 5.39 Å². The van der Waals surface area contributed by atoms with Crippen molar-refractivity contribution in [1.82, 2.24) is 14.2 Å². The Hall–Kier alpha value is -2.71. The van der Waals surface area contributed by atoms with Crippen molar-refractivity contribution in [3.05, 3.63) is 66.1 Å². The molecule has 4 rings (SSSR count). The number of nitrogens with one attached hydrogen (secondary N) is 1. The van der Waals surface area contributed by atoms with E-state index in [-0.39, 0.29) is 35.8 Å². The molecule has 0 radical (unpaired) electrons. The van der Waals surface area contributed by atoms with Gasteiger partial charge in [-0.2, -0.15) is 4.31 Å². The van der Waals surface area contributed by atoms with Crippen molar-refractivity contribution in [3.8, 4) is 0 Å². The van der Waals surface area contributed by atoms with Crippen LogP contribution >= 0.6 is 0 Å². The zero-order valence-electron chi connectivity index (χ0n) is 15.3. The summed E-state index contributed by atoms with van der Waals surface area (Å²) >= 11 is 0. The zero-order chi connectivity index (χ0) is 19.9. The summed E-state index contributed by atoms with van der Waals surface area (Å²) in [6.45, 7) is 2.47. The highest BCUT2D eigenvalue weighted by Crippen LogP contribution is 2.30. The van der Waals surface area contributed by atoms with E-state index in [9.17, 15) is 17.6 Å². The van der Waals surface area contributed by atoms with E-state index in [0.717, 1.165) is 0 Å². The number of benzene rings is 2. The fourth-order valence-electron chi connectivity index (χ4n) is 3.69. The van der Waals surface area contributed by atoms with E-state index in [4.69, 9.17) is 0 Å². The van der Waals surface area contributed by atoms with Crippen molar-refractivity contribution in [1.29, 1.82) is 0 Å². The number of halogens is 1. The molecule has 1 saturated heterocycles. The number of fused-ring (bicyclic) bond motifs is 1. The monoisotopic (exact) mass is 401 g/mol. The lowest BCUT2D eigenvalue weighted by Crippen LogP contribution is -2.55. The third-order valence-electron chi connectivity index (χ3n) is 5.08. The Morgan fingerprint density at radius 2 is 1.86 bits per heavy atom. The molecular weight excluding hydrogens is 381 g/mol. The molecule has 6 nitrogen and oxygen atoms in total. The average molecular weight is 401 g/mol. The minimum absolute atomic E-state index is 0.0671. The van der Waals surface area contributed by atoms with Gasteiger partial charge in [0.2, 0.25) is 10.0 Å². The molecule has 1 atom stereocenters. The van der Waals surface area contributed by atoms with Crippen LogP contribution in [0.25, 0.3) is 10.9 Å². The molecule has 0 unspecified atom stereocenters. The van der Waals surface area contributed by atoms with E-state index in [1.165, 1.54) is 22.6 Å². The van der Waals surface area contributed by atoms with E-state index in [1.807, 2.05) is 6.07 Å². The van der Waals surface area contributed by atoms with Crippen LogP contribution in [0, 0.1) is 5.82 Å². The number of sulfonamides is 1. The number of amides is 1. The van der Waals surface area contributed by atoms with Gasteiger partial charge in [-0.1, -0.05) is 24.3 Å². The molecule has 28 heavy (non-hydrogen) atoms. The minimum atomic E-state index is -3.91. The fourth-order valence-corrected chi connectivity index (χ4v) is 5.47. The molecule has 2 aromatic carbocycles. The number of hydrogen-bond donors (Lipinski definition) is 1. The molecule has 0 aliphatic carbocycles. The van der Waals surface area contributed by atoms with Crippen LogP contribution in [0.2, 0.25) is 0 Å². The molecule has 0 bridgehead atoms. The summed E-state index contributed by atoms with van der Waals surface area (Å²) in [4.78, 5) is 17.1. The van der Waals surface area contributed by atoms with Crippen LogP contribution in [0.3, 0.4) is 0 Å². The average Bonchev–Trinajstić information content (AvgIpc) is 3.14. The summed E-state index contributed by atoms with van der Waals surface area (Å²) in [5, 5.41) is 0.0671. The summed E-state index contributed by atoms with van der Waals surface area (Å²) in [5.74, 6) is -0.703. The quantitative estimate of drug-likeness (QED) is 0.733. The van der Waals surface area contributed by atoms with Gasteiger partial charge >= 0.3 is 0 Å². The highest BCUT2D eigenvalue weighted by Gasteiger charge is 2.37. The standard InChI is InChI=1S/C20H20FN3O3S/c1-14-13-23(20(25)15-6-3-2-4-7-15)10-11-24(14)28(26,27)18-12-22-17-9-5-8-16(21)19(17)18/h2-9,12,14,22H,10-11,13H2,1H3/t14-/m1/s1. The van der Waals surface area contributed by atoms with Gasteiger partial charge in [0.1, 0.15) is 10.7 Å². The molecule has 0 saturated carbocycles. The molecular formula is C20H20FN3O3S. The summed E-state index contributed by atoms with van der Waals surface area (Å²) < 4.78 is 42.0. The van der Waals surface area contributed by atoms with E-state index >= 15 is 0 Å². The number of aromatic amines is 1. The maximum absolute atomic E-state index is 14.3. The number of aromatic nitrogens is 1. The van der Waals surface area contributed by atoms with Gasteiger partial charge in [0.15, 0.2) is 0 Å². The summed E-state index contributed by atoms with van der Waals surface area (Å²) in [6.07, 6.45) is 1.33. The first-order valence-corrected chi connectivity index (χ1v) is 10.5. The molecule has 3 aromatic rings. The van der Waals surface area contributed by atoms with Gasteiger partial charge in [0.25, 0.3) is 5.91 Å². The lowest BCUT2D eigenvalue weighted by Gasteiger charge is -2.38. The smallest absolute Gasteiger partial charge is 0.253 e. The third kappa shape index (κ3) is 3.08. The van der Waals surface area contributed by atoms with Gasteiger partial charge < -0.3 is 9.88 Å². The summed E-state index contributed by atoms with van der Waals surface area (Å²) in [5.41, 5.74) is 1.01. The van der Waals surface area contributed by atoms with Crippen molar-refractivity contribution in [3.63, 3.8) is 0 Å². The number of carbonyl (C=O) groups is 1. The molecule has 1 amide bonds. The van der Waals surface area contributed by atoms with Crippen molar-refractivity contribution in [2.24, 2.45) is 0 Å². The van der Waals surface area contributed by atoms with Gasteiger partial charge in [0, 0.05) is 43.0 Å². The first kappa shape index (κ1) is 18.6. The largest absolute Gasteiger partial charge is 0.360 e. The molecule has 1 aliphatic rings. The van der Waals surface area contributed by atoms with Crippen LogP contribution in [-0.4, -0.2) is 54.2 Å². The van der Waals surface area contributed by atoms with Crippen LogP contribution in [0.5, 0.6) is 0 Å². The zero-order valence-corrected chi connectivity index (χ0v) is 16.1. The Kier molecular flexibility index (Phi) is 4.68. The topological polar surface area (TPSA) is 73.5 Å². The first-order chi connectivity index (χ1) is 13.4. The van der Waals surface area contributed by atoms with Crippen LogP contribution in [0.15, 0.2) is 59.6 Å². The van der Waals surface area contributed by atoms with E-state index in [2.05, 4.69) is 4.98 Å². The molecule has 1 N–H and O–H groups in total. The van der Waals surface area contributed by atoms with E-state index in [0.29, 0.717) is 11.1 Å². The van der Waals surface area contributed by atoms with Crippen LogP contribution in [-0.2, 0) is 10.0 Å². The van der Waals surface area contributed by atoms with Crippen molar-refractivity contribution < 1.29 is 17.6 Å². The Balaban J connectivity index is 1.60. The Morgan fingerprint density at radius 3 is 2.57 bits per heavy atom. The van der Waals surface area contributed by atoms with Crippen molar-refractivity contribution >= 4 is 26.8 Å². The normalized spacial score (nSPS) is 18.5. The maximum atomic E-state index is 14.3. The number of rotatable bonds is 3. The molecule has 1 fully saturated rings. The van der Waals surface area contributed by atoms with Gasteiger partial charge in [-0.15, -0.1) is 0 Å². The molecule has 0 spiro atoms. The fraction of sp³-hybridized carbons (Fsp3) is 0.250. The van der Waals surface area contributed by atoms with Crippen LogP contribution < -0.4 is 0 Å². The molecule has 146 valence electrons. The summed E-state index contributed by atoms with van der Waals surface area (Å²) in [7, 11) is -3.91. The van der Waals surface area contributed by atoms with Crippen LogP contribution in [0.1, 0.15) is 17.3 Å². The van der Waals surface area contributed by atoms with E-state index in [1.54, 1.807) is 42.2 Å². The Morgan fingerprint density at radius 1 is 1.11 bits per heavy atom. The van der Waals surface area contributed by atoms with Gasteiger partial charge in [-0.05, 0) is 31.2 Å². The third-order valence-corrected chi connectivity index (χ3v) is 7.12. The number of H-pyrrole nitrogens is 1. The van der Waals surface area contributed by atoms with E-state index < -0.39 is 21.9 Å². The highest BCUT2D eigenvalue weighted by atomic mass is 32.2. The SMILES string of the molecule is C[C@@H]1CN(C(=O)c2ccccc2)CCN1S(=O)(=O)c1c[nH]c2cccc(F)c12. The molecule has 1 aliphatic heterocycles. The maximum Gasteiger partial charge on any atom is 0.253 e. The second kappa shape index (κ2) is 7.03. The van der Waals surface area contributed by atoms with Crippen LogP contribution in [0.4, 0.5) is 4.39 Å². The van der Waals surface area contributed by atoms with Crippen molar-refractivity contribution in [2.45, 2.75) is 17.9 Å². The van der Waals surface area contributed by atoms with Gasteiger partial charge in [-0.3, -0.25) is 4.79 Å². The molecule has 2 heterocycles. The van der Waals surface area contributed by atoms with Crippen molar-refractivity contribution in [2.75, 3.05) is 19.6 Å². The molecule has 1 aromatic heterocycles. The number of nitrogens with zero attached hydrogens (tertiary/aromatic N) is 2. The lowest BCUT2D eigenvalue weighted by molar-refractivity contribution is 0.0642. The molecule has 8 heteroatoms. The second-order valence-corrected chi connectivity index (χ2v) is 8.76. The Bertz CT molecular complexity index is 1130. The summed E-state index contributed by atoms with van der Waals surface area (Å²) in [6, 6.07) is 12.9. The Labute approximate surface area is 162 Å². The minimum Gasteiger partial charge on any atom is -0.360 e. The number of piperazine rings is 1. The lowest BCUT2D eigenvalue weighted by atomic mass is 10.1. The van der Waals surface area contributed by atoms with Gasteiger partial charge in [-0.25, -0.2) is 12.8 Å². The predicted molar refractivity (Wildman–Crippen MR) is 104 cm³/mol.